The zero-order valence-corrected chi connectivity index (χ0v) is 10.4. The second-order valence-corrected chi connectivity index (χ2v) is 4.43. The van der Waals surface area contributed by atoms with E-state index in [0.717, 1.165) is 11.3 Å². The van der Waals surface area contributed by atoms with Gasteiger partial charge in [0.2, 0.25) is 0 Å². The number of aliphatic hydroxyl groups is 1. The van der Waals surface area contributed by atoms with Gasteiger partial charge in [-0.25, -0.2) is 0 Å². The SMILES string of the molecule is CC[C@@](O)(Cc1ccccn1)c1ccc(O)cc1. The van der Waals surface area contributed by atoms with Crippen LogP contribution in [0.25, 0.3) is 0 Å². The van der Waals surface area contributed by atoms with Crippen LogP contribution < -0.4 is 0 Å². The van der Waals surface area contributed by atoms with E-state index in [1.54, 1.807) is 30.5 Å². The van der Waals surface area contributed by atoms with E-state index in [4.69, 9.17) is 0 Å². The molecule has 2 N–H and O–H groups in total. The lowest BCUT2D eigenvalue weighted by molar-refractivity contribution is 0.0317. The van der Waals surface area contributed by atoms with Gasteiger partial charge in [0.05, 0.1) is 5.60 Å². The number of rotatable bonds is 4. The summed E-state index contributed by atoms with van der Waals surface area (Å²) in [7, 11) is 0. The Labute approximate surface area is 107 Å². The number of phenols is 1. The molecule has 0 saturated heterocycles. The first kappa shape index (κ1) is 12.6. The molecule has 18 heavy (non-hydrogen) atoms. The highest BCUT2D eigenvalue weighted by atomic mass is 16.3. The van der Waals surface area contributed by atoms with E-state index in [1.807, 2.05) is 25.1 Å². The lowest BCUT2D eigenvalue weighted by atomic mass is 9.86. The van der Waals surface area contributed by atoms with Crippen molar-refractivity contribution in [1.82, 2.24) is 4.98 Å². The fourth-order valence-corrected chi connectivity index (χ4v) is 2.01. The fourth-order valence-electron chi connectivity index (χ4n) is 2.01. The van der Waals surface area contributed by atoms with Crippen LogP contribution >= 0.6 is 0 Å². The first-order chi connectivity index (χ1) is 8.64. The summed E-state index contributed by atoms with van der Waals surface area (Å²) in [5.74, 6) is 0.204. The lowest BCUT2D eigenvalue weighted by Gasteiger charge is -2.27. The van der Waals surface area contributed by atoms with Gasteiger partial charge in [-0.2, -0.15) is 0 Å². The van der Waals surface area contributed by atoms with Crippen LogP contribution in [0.15, 0.2) is 48.7 Å². The summed E-state index contributed by atoms with van der Waals surface area (Å²) in [5, 5.41) is 20.0. The van der Waals surface area contributed by atoms with Gasteiger partial charge in [0.15, 0.2) is 0 Å². The van der Waals surface area contributed by atoms with E-state index in [9.17, 15) is 10.2 Å². The summed E-state index contributed by atoms with van der Waals surface area (Å²) in [6.45, 7) is 1.94. The van der Waals surface area contributed by atoms with Crippen molar-refractivity contribution in [3.8, 4) is 5.75 Å². The molecule has 0 unspecified atom stereocenters. The van der Waals surface area contributed by atoms with Gasteiger partial charge in [-0.3, -0.25) is 4.98 Å². The summed E-state index contributed by atoms with van der Waals surface area (Å²) in [5.41, 5.74) is 0.713. The van der Waals surface area contributed by atoms with E-state index in [1.165, 1.54) is 0 Å². The standard InChI is InChI=1S/C15H17NO2/c1-2-15(18,11-13-5-3-4-10-16-13)12-6-8-14(17)9-7-12/h3-10,17-18H,2,11H2,1H3/t15-/m1/s1. The molecular formula is C15H17NO2. The van der Waals surface area contributed by atoms with Crippen LogP contribution in [-0.4, -0.2) is 15.2 Å². The zero-order valence-electron chi connectivity index (χ0n) is 10.4. The van der Waals surface area contributed by atoms with Crippen LogP contribution in [0.5, 0.6) is 5.75 Å². The molecule has 2 rings (SSSR count). The Morgan fingerprint density at radius 1 is 1.11 bits per heavy atom. The fraction of sp³-hybridized carbons (Fsp3) is 0.267. The van der Waals surface area contributed by atoms with Crippen molar-refractivity contribution in [2.45, 2.75) is 25.4 Å². The van der Waals surface area contributed by atoms with Crippen LogP contribution in [-0.2, 0) is 12.0 Å². The number of aromatic hydroxyl groups is 1. The van der Waals surface area contributed by atoms with Crippen molar-refractivity contribution in [3.05, 3.63) is 59.9 Å². The second-order valence-electron chi connectivity index (χ2n) is 4.43. The maximum Gasteiger partial charge on any atom is 0.115 e. The maximum atomic E-state index is 10.7. The first-order valence-corrected chi connectivity index (χ1v) is 6.06. The Morgan fingerprint density at radius 3 is 2.39 bits per heavy atom. The number of nitrogens with zero attached hydrogens (tertiary/aromatic N) is 1. The summed E-state index contributed by atoms with van der Waals surface area (Å²) in [4.78, 5) is 4.25. The second kappa shape index (κ2) is 5.19. The van der Waals surface area contributed by atoms with Crippen LogP contribution in [0.2, 0.25) is 0 Å². The Kier molecular flexibility index (Phi) is 3.63. The van der Waals surface area contributed by atoms with Crippen molar-refractivity contribution in [1.29, 1.82) is 0 Å². The molecular weight excluding hydrogens is 226 g/mol. The number of benzene rings is 1. The van der Waals surface area contributed by atoms with Gasteiger partial charge in [-0.05, 0) is 36.2 Å². The van der Waals surface area contributed by atoms with Crippen LogP contribution in [0.3, 0.4) is 0 Å². The largest absolute Gasteiger partial charge is 0.508 e. The highest BCUT2D eigenvalue weighted by Crippen LogP contribution is 2.29. The van der Waals surface area contributed by atoms with Crippen molar-refractivity contribution in [2.75, 3.05) is 0 Å². The van der Waals surface area contributed by atoms with Gasteiger partial charge >= 0.3 is 0 Å². The van der Waals surface area contributed by atoms with Crippen molar-refractivity contribution >= 4 is 0 Å². The average Bonchev–Trinajstić information content (AvgIpc) is 2.40. The van der Waals surface area contributed by atoms with Gasteiger partial charge in [-0.1, -0.05) is 25.1 Å². The topological polar surface area (TPSA) is 53.4 Å². The van der Waals surface area contributed by atoms with Crippen LogP contribution in [0, 0.1) is 0 Å². The number of hydrogen-bond acceptors (Lipinski definition) is 3. The summed E-state index contributed by atoms with van der Waals surface area (Å²) < 4.78 is 0. The molecule has 0 radical (unpaired) electrons. The normalized spacial score (nSPS) is 14.1. The zero-order chi connectivity index (χ0) is 13.0. The molecule has 1 atom stereocenters. The predicted molar refractivity (Wildman–Crippen MR) is 70.2 cm³/mol. The van der Waals surface area contributed by atoms with Crippen LogP contribution in [0.4, 0.5) is 0 Å². The van der Waals surface area contributed by atoms with Gasteiger partial charge in [0.1, 0.15) is 5.75 Å². The third-order valence-electron chi connectivity index (χ3n) is 3.19. The van der Waals surface area contributed by atoms with E-state index in [0.29, 0.717) is 12.8 Å². The highest BCUT2D eigenvalue weighted by molar-refractivity contribution is 5.31. The number of hydrogen-bond donors (Lipinski definition) is 2. The molecule has 0 spiro atoms. The molecule has 3 nitrogen and oxygen atoms in total. The summed E-state index contributed by atoms with van der Waals surface area (Å²) in [6.07, 6.45) is 2.78. The molecule has 0 amide bonds. The Morgan fingerprint density at radius 2 is 1.83 bits per heavy atom. The number of pyridine rings is 1. The predicted octanol–water partition coefficient (Wildman–Crippen LogP) is 2.63. The van der Waals surface area contributed by atoms with Crippen molar-refractivity contribution in [3.63, 3.8) is 0 Å². The third kappa shape index (κ3) is 2.68. The third-order valence-corrected chi connectivity index (χ3v) is 3.19. The molecule has 0 fully saturated rings. The van der Waals surface area contributed by atoms with Gasteiger partial charge in [0, 0.05) is 18.3 Å². The Hall–Kier alpha value is -1.87. The van der Waals surface area contributed by atoms with E-state index in [2.05, 4.69) is 4.98 Å². The average molecular weight is 243 g/mol. The van der Waals surface area contributed by atoms with E-state index < -0.39 is 5.60 Å². The molecule has 1 aromatic heterocycles. The molecule has 0 bridgehead atoms. The van der Waals surface area contributed by atoms with E-state index >= 15 is 0 Å². The van der Waals surface area contributed by atoms with Crippen molar-refractivity contribution < 1.29 is 10.2 Å². The number of phenolic OH excluding ortho intramolecular Hbond substituents is 1. The van der Waals surface area contributed by atoms with Gasteiger partial charge < -0.3 is 10.2 Å². The smallest absolute Gasteiger partial charge is 0.115 e. The van der Waals surface area contributed by atoms with Crippen molar-refractivity contribution in [2.24, 2.45) is 0 Å². The molecule has 3 heteroatoms. The Bertz CT molecular complexity index is 496. The molecule has 0 aliphatic carbocycles. The van der Waals surface area contributed by atoms with E-state index in [-0.39, 0.29) is 5.75 Å². The van der Waals surface area contributed by atoms with Gasteiger partial charge in [-0.15, -0.1) is 0 Å². The molecule has 1 heterocycles. The molecule has 94 valence electrons. The number of aromatic nitrogens is 1. The molecule has 0 saturated carbocycles. The molecule has 1 aromatic carbocycles. The molecule has 0 aliphatic heterocycles. The molecule has 0 aliphatic rings. The quantitative estimate of drug-likeness (QED) is 0.868. The first-order valence-electron chi connectivity index (χ1n) is 6.06. The summed E-state index contributed by atoms with van der Waals surface area (Å²) in [6, 6.07) is 12.4. The summed E-state index contributed by atoms with van der Waals surface area (Å²) >= 11 is 0. The molecule has 2 aromatic rings. The Balaban J connectivity index is 2.28. The lowest BCUT2D eigenvalue weighted by Crippen LogP contribution is -2.28. The maximum absolute atomic E-state index is 10.7. The van der Waals surface area contributed by atoms with Gasteiger partial charge in [0.25, 0.3) is 0 Å². The minimum absolute atomic E-state index is 0.204. The highest BCUT2D eigenvalue weighted by Gasteiger charge is 2.27. The van der Waals surface area contributed by atoms with Crippen LogP contribution in [0.1, 0.15) is 24.6 Å². The minimum atomic E-state index is -0.942. The minimum Gasteiger partial charge on any atom is -0.508 e. The monoisotopic (exact) mass is 243 g/mol.